The zero-order valence-corrected chi connectivity index (χ0v) is 21.1. The number of alkyl halides is 2. The highest BCUT2D eigenvalue weighted by molar-refractivity contribution is 14.0. The van der Waals surface area contributed by atoms with Crippen LogP contribution in [0.15, 0.2) is 23.2 Å². The van der Waals surface area contributed by atoms with Crippen LogP contribution in [-0.2, 0) is 11.3 Å². The van der Waals surface area contributed by atoms with Crippen LogP contribution < -0.4 is 15.4 Å². The Hall–Kier alpha value is -1.40. The van der Waals surface area contributed by atoms with Gasteiger partial charge in [0.05, 0.1) is 13.1 Å². The highest BCUT2D eigenvalue weighted by Gasteiger charge is 2.22. The second-order valence-electron chi connectivity index (χ2n) is 7.31. The molecule has 1 aliphatic heterocycles. The van der Waals surface area contributed by atoms with Crippen molar-refractivity contribution < 1.29 is 18.3 Å². The second kappa shape index (κ2) is 13.9. The number of aliphatic imine (C=N–C) groups is 1. The van der Waals surface area contributed by atoms with Crippen LogP contribution in [0.25, 0.3) is 0 Å². The number of hydrogen-bond donors (Lipinski definition) is 2. The first-order valence-electron chi connectivity index (χ1n) is 9.99. The molecule has 0 radical (unpaired) electrons. The van der Waals surface area contributed by atoms with E-state index in [9.17, 15) is 13.6 Å². The van der Waals surface area contributed by atoms with E-state index in [-0.39, 0.29) is 48.2 Å². The first kappa shape index (κ1) is 27.6. The van der Waals surface area contributed by atoms with E-state index in [1.54, 1.807) is 25.1 Å². The SMILES string of the molecule is CCNC(=NCc1cc(Cl)ccc1OC(F)F)NC1CCN(CC(=O)N(C)C)CC1.I. The van der Waals surface area contributed by atoms with Crippen LogP contribution >= 0.6 is 35.6 Å². The molecule has 2 rings (SSSR count). The van der Waals surface area contributed by atoms with Crippen LogP contribution in [0.5, 0.6) is 5.75 Å². The summed E-state index contributed by atoms with van der Waals surface area (Å²) in [5.74, 6) is 0.760. The number of ether oxygens (including phenoxy) is 1. The van der Waals surface area contributed by atoms with Gasteiger partial charge in [0.15, 0.2) is 5.96 Å². The first-order chi connectivity index (χ1) is 14.3. The minimum atomic E-state index is -2.91. The maximum Gasteiger partial charge on any atom is 0.387 e. The van der Waals surface area contributed by atoms with E-state index in [2.05, 4.69) is 25.3 Å². The van der Waals surface area contributed by atoms with E-state index >= 15 is 0 Å². The normalized spacial score (nSPS) is 15.4. The number of likely N-dealkylation sites (N-methyl/N-ethyl adjacent to an activating group) is 1. The van der Waals surface area contributed by atoms with Crippen molar-refractivity contribution in [3.05, 3.63) is 28.8 Å². The highest BCUT2D eigenvalue weighted by atomic mass is 127. The van der Waals surface area contributed by atoms with Gasteiger partial charge in [-0.05, 0) is 38.0 Å². The lowest BCUT2D eigenvalue weighted by atomic mass is 10.1. The Kier molecular flexibility index (Phi) is 12.4. The number of rotatable bonds is 8. The topological polar surface area (TPSA) is 69.2 Å². The third-order valence-electron chi connectivity index (χ3n) is 4.78. The summed E-state index contributed by atoms with van der Waals surface area (Å²) < 4.78 is 29.8. The lowest BCUT2D eigenvalue weighted by Crippen LogP contribution is -2.50. The molecule has 7 nitrogen and oxygen atoms in total. The molecule has 1 heterocycles. The minimum absolute atomic E-state index is 0. The van der Waals surface area contributed by atoms with E-state index in [1.807, 2.05) is 6.92 Å². The van der Waals surface area contributed by atoms with Crippen LogP contribution in [-0.4, -0.2) is 74.6 Å². The van der Waals surface area contributed by atoms with Crippen molar-refractivity contribution in [2.24, 2.45) is 4.99 Å². The van der Waals surface area contributed by atoms with Gasteiger partial charge in [-0.2, -0.15) is 8.78 Å². The number of likely N-dealkylation sites (tertiary alicyclic amines) is 1. The fourth-order valence-corrected chi connectivity index (χ4v) is 3.32. The second-order valence-corrected chi connectivity index (χ2v) is 7.75. The van der Waals surface area contributed by atoms with Gasteiger partial charge in [0.2, 0.25) is 5.91 Å². The summed E-state index contributed by atoms with van der Waals surface area (Å²) in [5.41, 5.74) is 0.483. The van der Waals surface area contributed by atoms with Crippen LogP contribution in [0.2, 0.25) is 5.02 Å². The predicted molar refractivity (Wildman–Crippen MR) is 130 cm³/mol. The Morgan fingerprint density at radius 3 is 2.61 bits per heavy atom. The fraction of sp³-hybridized carbons (Fsp3) is 0.600. The molecule has 1 saturated heterocycles. The van der Waals surface area contributed by atoms with Crippen molar-refractivity contribution in [1.82, 2.24) is 20.4 Å². The van der Waals surface area contributed by atoms with Gasteiger partial charge >= 0.3 is 6.61 Å². The predicted octanol–water partition coefficient (Wildman–Crippen LogP) is 3.17. The molecule has 0 spiro atoms. The molecule has 1 aromatic carbocycles. The first-order valence-corrected chi connectivity index (χ1v) is 10.4. The van der Waals surface area contributed by atoms with E-state index in [1.165, 1.54) is 12.1 Å². The molecule has 176 valence electrons. The molecule has 0 saturated carbocycles. The molecule has 0 atom stereocenters. The van der Waals surface area contributed by atoms with Crippen LogP contribution in [0.3, 0.4) is 0 Å². The van der Waals surface area contributed by atoms with Gasteiger partial charge in [-0.3, -0.25) is 9.69 Å². The number of nitrogens with one attached hydrogen (secondary N) is 2. The molecular weight excluding hydrogens is 543 g/mol. The summed E-state index contributed by atoms with van der Waals surface area (Å²) >= 11 is 6.00. The van der Waals surface area contributed by atoms with Gasteiger partial charge in [-0.25, -0.2) is 4.99 Å². The van der Waals surface area contributed by atoms with Crippen molar-refractivity contribution in [3.8, 4) is 5.75 Å². The molecule has 0 aromatic heterocycles. The standard InChI is InChI=1S/C20H30ClF2N5O2.HI/c1-4-24-20(25-12-14-11-15(21)5-6-17(14)30-19(22)23)26-16-7-9-28(10-8-16)13-18(29)27(2)3;/h5-6,11,16,19H,4,7-10,12-13H2,1-3H3,(H2,24,25,26);1H. The van der Waals surface area contributed by atoms with Crippen molar-refractivity contribution in [3.63, 3.8) is 0 Å². The lowest BCUT2D eigenvalue weighted by molar-refractivity contribution is -0.130. The number of benzene rings is 1. The van der Waals surface area contributed by atoms with Gasteiger partial charge in [0.1, 0.15) is 5.75 Å². The molecule has 2 N–H and O–H groups in total. The number of hydrogen-bond acceptors (Lipinski definition) is 4. The lowest BCUT2D eigenvalue weighted by Gasteiger charge is -2.33. The Morgan fingerprint density at radius 2 is 2.03 bits per heavy atom. The van der Waals surface area contributed by atoms with E-state index in [0.29, 0.717) is 29.6 Å². The van der Waals surface area contributed by atoms with Gasteiger partial charge in [0.25, 0.3) is 0 Å². The number of piperidine rings is 1. The van der Waals surface area contributed by atoms with Crippen LogP contribution in [0.1, 0.15) is 25.3 Å². The average molecular weight is 574 g/mol. The maximum absolute atomic E-state index is 12.6. The minimum Gasteiger partial charge on any atom is -0.434 e. The number of nitrogens with zero attached hydrogens (tertiary/aromatic N) is 3. The molecule has 1 aliphatic rings. The number of halogens is 4. The van der Waals surface area contributed by atoms with Gasteiger partial charge < -0.3 is 20.3 Å². The Labute approximate surface area is 204 Å². The summed E-state index contributed by atoms with van der Waals surface area (Å²) in [7, 11) is 3.51. The Bertz CT molecular complexity index is 732. The molecule has 0 aliphatic carbocycles. The molecule has 1 amide bonds. The Balaban J connectivity index is 0.00000480. The number of carbonyl (C=O) groups is 1. The zero-order valence-electron chi connectivity index (χ0n) is 18.0. The monoisotopic (exact) mass is 573 g/mol. The van der Waals surface area contributed by atoms with E-state index < -0.39 is 6.61 Å². The van der Waals surface area contributed by atoms with Gasteiger partial charge in [-0.1, -0.05) is 11.6 Å². The summed E-state index contributed by atoms with van der Waals surface area (Å²) in [4.78, 5) is 20.1. The fourth-order valence-electron chi connectivity index (χ4n) is 3.13. The largest absolute Gasteiger partial charge is 0.434 e. The molecule has 1 aromatic rings. The molecule has 0 bridgehead atoms. The maximum atomic E-state index is 12.6. The van der Waals surface area contributed by atoms with Crippen molar-refractivity contribution in [2.75, 3.05) is 40.3 Å². The summed E-state index contributed by atoms with van der Waals surface area (Å²) in [6, 6.07) is 4.71. The third kappa shape index (κ3) is 9.73. The number of carbonyl (C=O) groups excluding carboxylic acids is 1. The molecule has 31 heavy (non-hydrogen) atoms. The number of guanidine groups is 1. The molecule has 11 heteroatoms. The highest BCUT2D eigenvalue weighted by Crippen LogP contribution is 2.25. The molecule has 1 fully saturated rings. The number of amides is 1. The van der Waals surface area contributed by atoms with Crippen LogP contribution in [0.4, 0.5) is 8.78 Å². The summed E-state index contributed by atoms with van der Waals surface area (Å²) in [6.45, 7) is 1.91. The van der Waals surface area contributed by atoms with Crippen LogP contribution in [0, 0.1) is 0 Å². The summed E-state index contributed by atoms with van der Waals surface area (Å²) in [5, 5.41) is 7.00. The van der Waals surface area contributed by atoms with Crippen molar-refractivity contribution in [2.45, 2.75) is 39.0 Å². The van der Waals surface area contributed by atoms with E-state index in [0.717, 1.165) is 25.9 Å². The third-order valence-corrected chi connectivity index (χ3v) is 5.01. The molecule has 0 unspecified atom stereocenters. The Morgan fingerprint density at radius 1 is 1.35 bits per heavy atom. The van der Waals surface area contributed by atoms with E-state index in [4.69, 9.17) is 11.6 Å². The summed E-state index contributed by atoms with van der Waals surface area (Å²) in [6.07, 6.45) is 1.75. The van der Waals surface area contributed by atoms with Crippen molar-refractivity contribution in [1.29, 1.82) is 0 Å². The zero-order chi connectivity index (χ0) is 22.1. The smallest absolute Gasteiger partial charge is 0.387 e. The quantitative estimate of drug-likeness (QED) is 0.284. The average Bonchev–Trinajstić information content (AvgIpc) is 2.69. The van der Waals surface area contributed by atoms with Crippen molar-refractivity contribution >= 4 is 47.4 Å². The molecular formula is C20H31ClF2IN5O2. The van der Waals surface area contributed by atoms with Gasteiger partial charge in [-0.15, -0.1) is 24.0 Å². The van der Waals surface area contributed by atoms with Gasteiger partial charge in [0, 0.05) is 50.4 Å².